The minimum Gasteiger partial charge on any atom is -0.389 e. The molecule has 1 aliphatic heterocycles. The molecule has 17 heavy (non-hydrogen) atoms. The van der Waals surface area contributed by atoms with Gasteiger partial charge in [-0.3, -0.25) is 0 Å². The van der Waals surface area contributed by atoms with E-state index in [0.717, 1.165) is 23.5 Å². The van der Waals surface area contributed by atoms with E-state index in [1.54, 1.807) is 6.20 Å². The van der Waals surface area contributed by atoms with Crippen molar-refractivity contribution in [3.63, 3.8) is 0 Å². The molecule has 1 aromatic heterocycles. The lowest BCUT2D eigenvalue weighted by atomic mass is 9.79. The van der Waals surface area contributed by atoms with E-state index in [-0.39, 0.29) is 5.41 Å². The Morgan fingerprint density at radius 2 is 2.24 bits per heavy atom. The summed E-state index contributed by atoms with van der Waals surface area (Å²) in [6.45, 7) is 4.43. The Bertz CT molecular complexity index is 408. The van der Waals surface area contributed by atoms with Gasteiger partial charge in [0.1, 0.15) is 5.82 Å². The van der Waals surface area contributed by atoms with E-state index in [2.05, 4.69) is 18.8 Å². The van der Waals surface area contributed by atoms with E-state index < -0.39 is 5.60 Å². The molecule has 2 rings (SSSR count). The SMILES string of the molecule is CC1(C)CSCC(O)(Cc2ccnc(N)c2)C1. The first-order chi connectivity index (χ1) is 7.89. The first-order valence-electron chi connectivity index (χ1n) is 5.89. The molecular formula is C13H20N2OS. The second kappa shape index (κ2) is 4.50. The minimum atomic E-state index is -0.611. The Morgan fingerprint density at radius 1 is 1.47 bits per heavy atom. The molecule has 94 valence electrons. The van der Waals surface area contributed by atoms with Crippen LogP contribution < -0.4 is 5.73 Å². The number of aliphatic hydroxyl groups is 1. The Balaban J connectivity index is 2.12. The van der Waals surface area contributed by atoms with Gasteiger partial charge in [-0.05, 0) is 35.3 Å². The Kier molecular flexibility index (Phi) is 3.36. The highest BCUT2D eigenvalue weighted by Gasteiger charge is 2.38. The maximum absolute atomic E-state index is 10.7. The third-order valence-electron chi connectivity index (χ3n) is 3.05. The average molecular weight is 252 g/mol. The van der Waals surface area contributed by atoms with Gasteiger partial charge in [-0.2, -0.15) is 11.8 Å². The first-order valence-corrected chi connectivity index (χ1v) is 7.05. The van der Waals surface area contributed by atoms with Gasteiger partial charge in [0.25, 0.3) is 0 Å². The third kappa shape index (κ3) is 3.36. The second-order valence-electron chi connectivity index (χ2n) is 5.82. The van der Waals surface area contributed by atoms with Crippen molar-refractivity contribution in [2.75, 3.05) is 17.2 Å². The van der Waals surface area contributed by atoms with Gasteiger partial charge in [0.05, 0.1) is 5.60 Å². The molecule has 3 nitrogen and oxygen atoms in total. The van der Waals surface area contributed by atoms with Crippen molar-refractivity contribution >= 4 is 17.6 Å². The molecule has 1 aliphatic rings. The van der Waals surface area contributed by atoms with Crippen LogP contribution in [-0.2, 0) is 6.42 Å². The Morgan fingerprint density at radius 3 is 2.88 bits per heavy atom. The fraction of sp³-hybridized carbons (Fsp3) is 0.615. The molecule has 3 N–H and O–H groups in total. The summed E-state index contributed by atoms with van der Waals surface area (Å²) in [5.41, 5.74) is 6.32. The van der Waals surface area contributed by atoms with Crippen LogP contribution in [0.2, 0.25) is 0 Å². The van der Waals surface area contributed by atoms with Crippen LogP contribution in [0.1, 0.15) is 25.8 Å². The summed E-state index contributed by atoms with van der Waals surface area (Å²) in [6.07, 6.45) is 3.21. The molecule has 1 atom stereocenters. The minimum absolute atomic E-state index is 0.205. The lowest BCUT2D eigenvalue weighted by molar-refractivity contribution is 0.0200. The summed E-state index contributed by atoms with van der Waals surface area (Å²) in [5.74, 6) is 2.45. The van der Waals surface area contributed by atoms with Gasteiger partial charge in [-0.1, -0.05) is 13.8 Å². The van der Waals surface area contributed by atoms with Crippen molar-refractivity contribution in [3.05, 3.63) is 23.9 Å². The van der Waals surface area contributed by atoms with E-state index in [9.17, 15) is 5.11 Å². The van der Waals surface area contributed by atoms with E-state index >= 15 is 0 Å². The van der Waals surface area contributed by atoms with Crippen molar-refractivity contribution in [1.29, 1.82) is 0 Å². The molecule has 0 spiro atoms. The van der Waals surface area contributed by atoms with Crippen molar-refractivity contribution in [2.24, 2.45) is 5.41 Å². The topological polar surface area (TPSA) is 59.1 Å². The molecule has 1 fully saturated rings. The number of nitrogens with zero attached hydrogens (tertiary/aromatic N) is 1. The van der Waals surface area contributed by atoms with Gasteiger partial charge in [-0.15, -0.1) is 0 Å². The molecule has 0 aliphatic carbocycles. The van der Waals surface area contributed by atoms with E-state index in [0.29, 0.717) is 12.2 Å². The maximum Gasteiger partial charge on any atom is 0.123 e. The predicted octanol–water partition coefficient (Wildman–Crippen LogP) is 2.10. The Labute approximate surface area is 107 Å². The normalized spacial score (nSPS) is 27.9. The largest absolute Gasteiger partial charge is 0.389 e. The fourth-order valence-electron chi connectivity index (χ4n) is 2.61. The van der Waals surface area contributed by atoms with Gasteiger partial charge in [-0.25, -0.2) is 4.98 Å². The molecular weight excluding hydrogens is 232 g/mol. The third-order valence-corrected chi connectivity index (χ3v) is 4.78. The summed E-state index contributed by atoms with van der Waals surface area (Å²) in [5, 5.41) is 10.7. The first kappa shape index (κ1) is 12.7. The lowest BCUT2D eigenvalue weighted by Crippen LogP contribution is -2.44. The summed E-state index contributed by atoms with van der Waals surface area (Å²) >= 11 is 1.84. The summed E-state index contributed by atoms with van der Waals surface area (Å²) < 4.78 is 0. The van der Waals surface area contributed by atoms with E-state index in [1.165, 1.54) is 0 Å². The van der Waals surface area contributed by atoms with Crippen molar-refractivity contribution in [3.8, 4) is 0 Å². The zero-order valence-corrected chi connectivity index (χ0v) is 11.3. The average Bonchev–Trinajstić information content (AvgIpc) is 2.14. The summed E-state index contributed by atoms with van der Waals surface area (Å²) in [4.78, 5) is 3.98. The summed E-state index contributed by atoms with van der Waals surface area (Å²) in [7, 11) is 0. The number of anilines is 1. The van der Waals surface area contributed by atoms with Crippen molar-refractivity contribution in [2.45, 2.75) is 32.3 Å². The number of pyridine rings is 1. The molecule has 0 aromatic carbocycles. The van der Waals surface area contributed by atoms with Crippen molar-refractivity contribution in [1.82, 2.24) is 4.98 Å². The number of hydrogen-bond acceptors (Lipinski definition) is 4. The molecule has 1 aromatic rings. The highest BCUT2D eigenvalue weighted by atomic mass is 32.2. The quantitative estimate of drug-likeness (QED) is 0.846. The van der Waals surface area contributed by atoms with Crippen molar-refractivity contribution < 1.29 is 5.11 Å². The fourth-order valence-corrected chi connectivity index (χ4v) is 3.95. The van der Waals surface area contributed by atoms with Gasteiger partial charge in [0.15, 0.2) is 0 Å². The van der Waals surface area contributed by atoms with E-state index in [1.807, 2.05) is 23.9 Å². The lowest BCUT2D eigenvalue weighted by Gasteiger charge is -2.41. The standard InChI is InChI=1S/C13H20N2OS/c1-12(2)7-13(16,9-17-8-12)6-10-3-4-15-11(14)5-10/h3-5,16H,6-9H2,1-2H3,(H2,14,15). The molecule has 1 unspecified atom stereocenters. The van der Waals surface area contributed by atoms with Crippen LogP contribution in [0.4, 0.5) is 5.82 Å². The van der Waals surface area contributed by atoms with Crippen LogP contribution in [0.15, 0.2) is 18.3 Å². The molecule has 2 heterocycles. The van der Waals surface area contributed by atoms with Gasteiger partial charge in [0.2, 0.25) is 0 Å². The smallest absolute Gasteiger partial charge is 0.123 e. The number of thioether (sulfide) groups is 1. The zero-order chi connectivity index (χ0) is 12.5. The van der Waals surface area contributed by atoms with Crippen LogP contribution in [0.25, 0.3) is 0 Å². The predicted molar refractivity (Wildman–Crippen MR) is 73.0 cm³/mol. The van der Waals surface area contributed by atoms with E-state index in [4.69, 9.17) is 5.73 Å². The molecule has 0 amide bonds. The highest BCUT2D eigenvalue weighted by molar-refractivity contribution is 7.99. The highest BCUT2D eigenvalue weighted by Crippen LogP contribution is 2.40. The van der Waals surface area contributed by atoms with Crippen LogP contribution in [-0.4, -0.2) is 27.2 Å². The number of nitrogens with two attached hydrogens (primary N) is 1. The van der Waals surface area contributed by atoms with Gasteiger partial charge >= 0.3 is 0 Å². The molecule has 1 saturated heterocycles. The van der Waals surface area contributed by atoms with Crippen LogP contribution in [0.3, 0.4) is 0 Å². The number of nitrogen functional groups attached to an aromatic ring is 1. The second-order valence-corrected chi connectivity index (χ2v) is 6.81. The van der Waals surface area contributed by atoms with Crippen LogP contribution in [0.5, 0.6) is 0 Å². The number of aromatic nitrogens is 1. The molecule has 0 radical (unpaired) electrons. The zero-order valence-electron chi connectivity index (χ0n) is 10.4. The number of hydrogen-bond donors (Lipinski definition) is 2. The molecule has 4 heteroatoms. The van der Waals surface area contributed by atoms with Crippen LogP contribution >= 0.6 is 11.8 Å². The molecule has 0 bridgehead atoms. The Hall–Kier alpha value is -0.740. The summed E-state index contributed by atoms with van der Waals surface area (Å²) in [6, 6.07) is 3.78. The molecule has 0 saturated carbocycles. The van der Waals surface area contributed by atoms with Gasteiger partial charge < -0.3 is 10.8 Å². The maximum atomic E-state index is 10.7. The number of rotatable bonds is 2. The van der Waals surface area contributed by atoms with Gasteiger partial charge in [0, 0.05) is 18.4 Å². The van der Waals surface area contributed by atoms with Crippen LogP contribution in [0, 0.1) is 5.41 Å². The monoisotopic (exact) mass is 252 g/mol.